The van der Waals surface area contributed by atoms with Crippen LogP contribution in [-0.2, 0) is 0 Å². The maximum atomic E-state index is 6.34. The average Bonchev–Trinajstić information content (AvgIpc) is 2.47. The zero-order chi connectivity index (χ0) is 14.1. The Morgan fingerprint density at radius 3 is 2.90 bits per heavy atom. The number of fused-ring (bicyclic) bond motifs is 1. The summed E-state index contributed by atoms with van der Waals surface area (Å²) in [5.41, 5.74) is 1.81. The van der Waals surface area contributed by atoms with Gasteiger partial charge in [0.2, 0.25) is 0 Å². The number of rotatable bonds is 1. The molecule has 0 spiro atoms. The van der Waals surface area contributed by atoms with Crippen LogP contribution in [0, 0.1) is 12.8 Å². The first-order valence-electron chi connectivity index (χ1n) is 7.07. The van der Waals surface area contributed by atoms with Crippen LogP contribution in [0.1, 0.15) is 31.2 Å². The number of benzene rings is 1. The number of aryl methyl sites for hydroxylation is 1. The number of hydrogen-bond acceptors (Lipinski definition) is 3. The van der Waals surface area contributed by atoms with Crippen molar-refractivity contribution in [2.24, 2.45) is 10.9 Å². The lowest BCUT2D eigenvalue weighted by Crippen LogP contribution is -2.31. The van der Waals surface area contributed by atoms with E-state index in [1.807, 2.05) is 19.1 Å². The fourth-order valence-corrected chi connectivity index (χ4v) is 4.48. The summed E-state index contributed by atoms with van der Waals surface area (Å²) in [6, 6.07) is 4.29. The van der Waals surface area contributed by atoms with Crippen LogP contribution in [0.15, 0.2) is 17.1 Å². The van der Waals surface area contributed by atoms with E-state index in [0.29, 0.717) is 16.1 Å². The topological polar surface area (TPSA) is 24.4 Å². The molecule has 3 rings (SSSR count). The van der Waals surface area contributed by atoms with Crippen LogP contribution in [0.3, 0.4) is 0 Å². The lowest BCUT2D eigenvalue weighted by molar-refractivity contribution is 0.336. The van der Waals surface area contributed by atoms with Gasteiger partial charge in [-0.15, -0.1) is 0 Å². The number of aliphatic imine (C=N–C) groups is 1. The molecule has 0 radical (unpaired) electrons. The Hall–Kier alpha value is -0.380. The molecule has 0 aromatic heterocycles. The molecule has 0 amide bonds. The third-order valence-corrected chi connectivity index (χ3v) is 5.98. The molecule has 2 aliphatic rings. The Kier molecular flexibility index (Phi) is 4.49. The van der Waals surface area contributed by atoms with E-state index in [4.69, 9.17) is 28.2 Å². The summed E-state index contributed by atoms with van der Waals surface area (Å²) in [7, 11) is 0. The first kappa shape index (κ1) is 14.6. The molecule has 0 saturated heterocycles. The highest BCUT2D eigenvalue weighted by Crippen LogP contribution is 2.37. The van der Waals surface area contributed by atoms with Crippen LogP contribution in [0.2, 0.25) is 10.0 Å². The summed E-state index contributed by atoms with van der Waals surface area (Å²) in [4.78, 5) is 4.86. The highest BCUT2D eigenvalue weighted by molar-refractivity contribution is 8.14. The van der Waals surface area contributed by atoms with Gasteiger partial charge >= 0.3 is 0 Å². The number of halogens is 2. The summed E-state index contributed by atoms with van der Waals surface area (Å²) >= 11 is 14.4. The number of anilines is 1. The lowest BCUT2D eigenvalue weighted by atomic mass is 9.86. The summed E-state index contributed by atoms with van der Waals surface area (Å²) in [5, 5.41) is 5.64. The van der Waals surface area contributed by atoms with E-state index >= 15 is 0 Å². The number of hydrogen-bond donors (Lipinski definition) is 1. The molecular weight excluding hydrogens is 311 g/mol. The van der Waals surface area contributed by atoms with E-state index in [2.05, 4.69) is 5.32 Å². The Bertz CT molecular complexity index is 545. The zero-order valence-electron chi connectivity index (χ0n) is 11.5. The van der Waals surface area contributed by atoms with E-state index < -0.39 is 0 Å². The Morgan fingerprint density at radius 1 is 1.25 bits per heavy atom. The Morgan fingerprint density at radius 2 is 2.05 bits per heavy atom. The fraction of sp³-hybridized carbons (Fsp3) is 0.533. The van der Waals surface area contributed by atoms with Gasteiger partial charge in [-0.05, 0) is 37.3 Å². The van der Waals surface area contributed by atoms with Crippen molar-refractivity contribution in [3.8, 4) is 0 Å². The van der Waals surface area contributed by atoms with Crippen molar-refractivity contribution in [1.29, 1.82) is 0 Å². The molecule has 1 saturated carbocycles. The number of nitrogens with zero attached hydrogens (tertiary/aromatic N) is 1. The van der Waals surface area contributed by atoms with Gasteiger partial charge in [0.25, 0.3) is 0 Å². The second-order valence-electron chi connectivity index (χ2n) is 5.54. The van der Waals surface area contributed by atoms with Crippen LogP contribution in [0.4, 0.5) is 5.69 Å². The maximum absolute atomic E-state index is 6.34. The third kappa shape index (κ3) is 2.95. The number of amidine groups is 1. The van der Waals surface area contributed by atoms with Crippen molar-refractivity contribution >= 4 is 45.8 Å². The molecule has 5 heteroatoms. The van der Waals surface area contributed by atoms with Gasteiger partial charge in [-0.25, -0.2) is 0 Å². The molecule has 1 aromatic rings. The molecule has 1 aliphatic heterocycles. The van der Waals surface area contributed by atoms with E-state index in [1.165, 1.54) is 25.7 Å². The van der Waals surface area contributed by atoms with Gasteiger partial charge in [-0.2, -0.15) is 0 Å². The Labute approximate surface area is 134 Å². The van der Waals surface area contributed by atoms with Crippen LogP contribution < -0.4 is 5.32 Å². The van der Waals surface area contributed by atoms with Gasteiger partial charge in [-0.1, -0.05) is 53.9 Å². The lowest BCUT2D eigenvalue weighted by Gasteiger charge is -2.33. The zero-order valence-corrected chi connectivity index (χ0v) is 13.8. The van der Waals surface area contributed by atoms with Crippen LogP contribution in [0.25, 0.3) is 0 Å². The van der Waals surface area contributed by atoms with E-state index in [0.717, 1.165) is 28.1 Å². The van der Waals surface area contributed by atoms with Crippen molar-refractivity contribution in [1.82, 2.24) is 0 Å². The van der Waals surface area contributed by atoms with E-state index in [-0.39, 0.29) is 0 Å². The quantitative estimate of drug-likeness (QED) is 0.748. The van der Waals surface area contributed by atoms with Crippen molar-refractivity contribution in [3.63, 3.8) is 0 Å². The molecule has 1 aromatic carbocycles. The second kappa shape index (κ2) is 6.17. The largest absolute Gasteiger partial charge is 0.333 e. The fourth-order valence-electron chi connectivity index (χ4n) is 2.87. The average molecular weight is 329 g/mol. The molecular formula is C15H18Cl2N2S. The van der Waals surface area contributed by atoms with Crippen molar-refractivity contribution in [2.45, 2.75) is 38.6 Å². The van der Waals surface area contributed by atoms with Gasteiger partial charge in [0, 0.05) is 5.75 Å². The minimum absolute atomic E-state index is 0.481. The molecule has 1 N–H and O–H groups in total. The predicted molar refractivity (Wildman–Crippen MR) is 90.5 cm³/mol. The van der Waals surface area contributed by atoms with Crippen molar-refractivity contribution in [3.05, 3.63) is 27.7 Å². The standard InChI is InChI=1S/C15H18Cl2N2S/c1-9-6-7-11(16)14(13(9)17)19-15-18-12-5-3-2-4-10(12)8-20-15/h6-7,10,12H,2-5,8H2,1H3,(H,18,19). The van der Waals surface area contributed by atoms with Crippen molar-refractivity contribution < 1.29 is 0 Å². The molecule has 1 fully saturated rings. The molecule has 0 bridgehead atoms. The Balaban J connectivity index is 1.81. The van der Waals surface area contributed by atoms with Crippen LogP contribution in [-0.4, -0.2) is 17.0 Å². The normalized spacial score (nSPS) is 25.9. The minimum Gasteiger partial charge on any atom is -0.333 e. The maximum Gasteiger partial charge on any atom is 0.161 e. The van der Waals surface area contributed by atoms with E-state index in [1.54, 1.807) is 11.8 Å². The molecule has 2 atom stereocenters. The third-order valence-electron chi connectivity index (χ3n) is 4.10. The molecule has 1 aliphatic carbocycles. The second-order valence-corrected chi connectivity index (χ2v) is 7.33. The first-order valence-corrected chi connectivity index (χ1v) is 8.81. The summed E-state index contributed by atoms with van der Waals surface area (Å²) < 4.78 is 0. The summed E-state index contributed by atoms with van der Waals surface area (Å²) in [6.07, 6.45) is 5.19. The van der Waals surface area contributed by atoms with Crippen molar-refractivity contribution in [2.75, 3.05) is 11.1 Å². The smallest absolute Gasteiger partial charge is 0.161 e. The SMILES string of the molecule is Cc1ccc(Cl)c(NC2=NC3CCCCC3CS2)c1Cl. The number of thioether (sulfide) groups is 1. The molecule has 2 unspecified atom stereocenters. The van der Waals surface area contributed by atoms with Gasteiger partial charge in [0.15, 0.2) is 5.17 Å². The van der Waals surface area contributed by atoms with E-state index in [9.17, 15) is 0 Å². The molecule has 108 valence electrons. The predicted octanol–water partition coefficient (Wildman–Crippen LogP) is 5.38. The minimum atomic E-state index is 0.481. The highest BCUT2D eigenvalue weighted by Gasteiger charge is 2.29. The molecule has 2 nitrogen and oxygen atoms in total. The van der Waals surface area contributed by atoms with Gasteiger partial charge in [-0.3, -0.25) is 4.99 Å². The monoisotopic (exact) mass is 328 g/mol. The first-order chi connectivity index (χ1) is 9.65. The molecule has 20 heavy (non-hydrogen) atoms. The summed E-state index contributed by atoms with van der Waals surface area (Å²) in [6.45, 7) is 1.98. The van der Waals surface area contributed by atoms with Gasteiger partial charge < -0.3 is 5.32 Å². The highest BCUT2D eigenvalue weighted by atomic mass is 35.5. The van der Waals surface area contributed by atoms with Gasteiger partial charge in [0.05, 0.1) is 21.8 Å². The molecule has 1 heterocycles. The van der Waals surface area contributed by atoms with Crippen LogP contribution >= 0.6 is 35.0 Å². The van der Waals surface area contributed by atoms with Gasteiger partial charge in [0.1, 0.15) is 0 Å². The summed E-state index contributed by atoms with van der Waals surface area (Å²) in [5.74, 6) is 1.90. The van der Waals surface area contributed by atoms with Crippen LogP contribution in [0.5, 0.6) is 0 Å². The number of nitrogens with one attached hydrogen (secondary N) is 1.